The highest BCUT2D eigenvalue weighted by molar-refractivity contribution is 7.61. The summed E-state index contributed by atoms with van der Waals surface area (Å²) >= 11 is 0. The van der Waals surface area contributed by atoms with Crippen molar-refractivity contribution in [1.29, 1.82) is 0 Å². The van der Waals surface area contributed by atoms with Gasteiger partial charge in [0.15, 0.2) is 35.3 Å². The fourth-order valence-corrected chi connectivity index (χ4v) is 6.91. The third kappa shape index (κ3) is 7.08. The number of hydrogen-bond donors (Lipinski definition) is 4. The minimum absolute atomic E-state index is 0.0298. The van der Waals surface area contributed by atoms with Gasteiger partial charge in [-0.2, -0.15) is 9.78 Å². The van der Waals surface area contributed by atoms with E-state index in [4.69, 9.17) is 24.7 Å². The molecular weight excluding hydrogens is 567 g/mol. The van der Waals surface area contributed by atoms with E-state index in [-0.39, 0.29) is 28.9 Å². The number of aromatic nitrogens is 5. The third-order valence-electron chi connectivity index (χ3n) is 5.69. The lowest BCUT2D eigenvalue weighted by atomic mass is 10.1. The van der Waals surface area contributed by atoms with Gasteiger partial charge in [0.25, 0.3) is 13.0 Å². The Morgan fingerprint density at radius 1 is 1.10 bits per heavy atom. The van der Waals surface area contributed by atoms with Crippen molar-refractivity contribution in [2.24, 2.45) is 7.05 Å². The van der Waals surface area contributed by atoms with Gasteiger partial charge >= 0.3 is 17.9 Å². The number of fused-ring (bicyclic) bond motifs is 1. The number of nitrogens with two attached hydrogens (primary N) is 1. The number of hydrogen-bond acceptors (Lipinski definition) is 13. The molecule has 1 aliphatic heterocycles. The second-order valence-corrected chi connectivity index (χ2v) is 12.3. The van der Waals surface area contributed by atoms with Crippen LogP contribution in [0.2, 0.25) is 0 Å². The van der Waals surface area contributed by atoms with E-state index in [2.05, 4.69) is 25.6 Å². The molecular formula is C22H35N8O10P. The van der Waals surface area contributed by atoms with Gasteiger partial charge in [0.1, 0.15) is 6.10 Å². The normalized spacial score (nSPS) is 21.9. The van der Waals surface area contributed by atoms with Crippen LogP contribution in [0.25, 0.3) is 11.0 Å². The topological polar surface area (TPSA) is 241 Å². The highest BCUT2D eigenvalue weighted by Crippen LogP contribution is 2.45. The van der Waals surface area contributed by atoms with Gasteiger partial charge in [-0.25, -0.2) is 15.0 Å². The van der Waals surface area contributed by atoms with Gasteiger partial charge in [-0.3, -0.25) is 23.6 Å². The number of anilines is 1. The Hall–Kier alpha value is -3.44. The molecule has 2 aromatic heterocycles. The van der Waals surface area contributed by atoms with E-state index < -0.39 is 67.9 Å². The lowest BCUT2D eigenvalue weighted by molar-refractivity contribution is -0.166. The maximum atomic E-state index is 13.7. The molecule has 5 N–H and O–H groups in total. The predicted molar refractivity (Wildman–Crippen MR) is 142 cm³/mol. The lowest BCUT2D eigenvalue weighted by Crippen LogP contribution is -2.44. The van der Waals surface area contributed by atoms with E-state index in [1.54, 1.807) is 27.7 Å². The summed E-state index contributed by atoms with van der Waals surface area (Å²) in [5, 5.41) is 27.2. The summed E-state index contributed by atoms with van der Waals surface area (Å²) < 4.78 is 38.0. The van der Waals surface area contributed by atoms with Gasteiger partial charge in [-0.05, 0) is 27.7 Å². The number of rotatable bonds is 12. The van der Waals surface area contributed by atoms with Crippen molar-refractivity contribution in [3.05, 3.63) is 10.4 Å². The molecule has 41 heavy (non-hydrogen) atoms. The minimum Gasteiger partial charge on any atom is -0.479 e. The molecule has 2 aromatic rings. The Morgan fingerprint density at radius 3 is 2.17 bits per heavy atom. The quantitative estimate of drug-likeness (QED) is 0.176. The maximum absolute atomic E-state index is 13.7. The first-order valence-corrected chi connectivity index (χ1v) is 14.4. The number of carboxylic acids is 1. The van der Waals surface area contributed by atoms with Crippen LogP contribution in [0.4, 0.5) is 5.82 Å². The van der Waals surface area contributed by atoms with Crippen LogP contribution in [0.5, 0.6) is 0 Å². The molecule has 0 spiro atoms. The molecule has 1 fully saturated rings. The molecule has 0 saturated carbocycles. The molecule has 19 heteroatoms. The van der Waals surface area contributed by atoms with E-state index in [1.165, 1.54) is 11.7 Å². The number of aliphatic carboxylic acids is 1. The van der Waals surface area contributed by atoms with E-state index in [0.717, 1.165) is 18.5 Å². The summed E-state index contributed by atoms with van der Waals surface area (Å²) in [5.41, 5.74) is 5.03. The van der Waals surface area contributed by atoms with E-state index in [1.807, 2.05) is 0 Å². The Morgan fingerprint density at radius 2 is 1.66 bits per heavy atom. The smallest absolute Gasteiger partial charge is 0.343 e. The van der Waals surface area contributed by atoms with E-state index >= 15 is 0 Å². The Kier molecular flexibility index (Phi) is 9.86. The second kappa shape index (κ2) is 12.6. The average molecular weight is 603 g/mol. The van der Waals surface area contributed by atoms with Crippen LogP contribution >= 0.6 is 7.44 Å². The zero-order valence-electron chi connectivity index (χ0n) is 23.6. The molecule has 5 atom stereocenters. The summed E-state index contributed by atoms with van der Waals surface area (Å²) in [5.74, 6) is -5.06. The Bertz CT molecular complexity index is 1390. The molecule has 3 heterocycles. The summed E-state index contributed by atoms with van der Waals surface area (Å²) in [4.78, 5) is 49.6. The van der Waals surface area contributed by atoms with Crippen LogP contribution in [0, 0.1) is 0 Å². The van der Waals surface area contributed by atoms with Crippen molar-refractivity contribution in [2.45, 2.75) is 84.0 Å². The average Bonchev–Trinajstić information content (AvgIpc) is 3.28. The summed E-state index contributed by atoms with van der Waals surface area (Å²) in [6.45, 7) is 8.33. The van der Waals surface area contributed by atoms with Crippen molar-refractivity contribution >= 4 is 42.2 Å². The zero-order valence-corrected chi connectivity index (χ0v) is 24.5. The van der Waals surface area contributed by atoms with Crippen LogP contribution in [0.1, 0.15) is 47.8 Å². The van der Waals surface area contributed by atoms with Crippen molar-refractivity contribution < 1.29 is 43.0 Å². The standard InChI is InChI=1S/C22H35N8O10P/c1-9(2)26-41(36,27-10(3)4)22(21(34)35)37-8-13-16(38-11(5)31)17(39-12(6)32)20(40-13)30-19(33)15-14(24-28-30)18(23)25-29(15)7/h9-10,13,16-17,20,22H,8H2,1-7H3,(H2,23,25)(H,34,35)(H2,26,27,36). The molecule has 0 amide bonds. The van der Waals surface area contributed by atoms with Gasteiger partial charge in [0.2, 0.25) is 5.85 Å². The number of nitrogens with one attached hydrogen (secondary N) is 2. The van der Waals surface area contributed by atoms with Crippen LogP contribution in [-0.4, -0.2) is 90.6 Å². The second-order valence-electron chi connectivity index (χ2n) is 10.0. The van der Waals surface area contributed by atoms with E-state index in [9.17, 15) is 28.8 Å². The maximum Gasteiger partial charge on any atom is 0.343 e. The monoisotopic (exact) mass is 602 g/mol. The fourth-order valence-electron chi connectivity index (χ4n) is 4.43. The highest BCUT2D eigenvalue weighted by atomic mass is 31.2. The molecule has 3 rings (SSSR count). The molecule has 0 aromatic carbocycles. The van der Waals surface area contributed by atoms with Crippen molar-refractivity contribution in [1.82, 2.24) is 34.9 Å². The van der Waals surface area contributed by atoms with Gasteiger partial charge < -0.3 is 29.8 Å². The Labute approximate surface area is 234 Å². The van der Waals surface area contributed by atoms with Crippen LogP contribution in [0.3, 0.4) is 0 Å². The molecule has 1 aliphatic rings. The Balaban J connectivity index is 2.03. The molecule has 18 nitrogen and oxygen atoms in total. The predicted octanol–water partition coefficient (Wildman–Crippen LogP) is -0.516. The van der Waals surface area contributed by atoms with Crippen LogP contribution in [0.15, 0.2) is 4.79 Å². The summed E-state index contributed by atoms with van der Waals surface area (Å²) in [6.07, 6.45) is -5.61. The SMILES string of the molecule is CC(=O)OC1C(COC(C(=O)O)P(=O)(NC(C)C)NC(C)C)OC(n2nnc3c(N)nn(C)c3c2=O)C1OC(C)=O. The molecule has 1 saturated heterocycles. The zero-order chi connectivity index (χ0) is 30.8. The molecule has 0 aliphatic carbocycles. The molecule has 228 valence electrons. The third-order valence-corrected chi connectivity index (χ3v) is 8.52. The van der Waals surface area contributed by atoms with Gasteiger partial charge in [0, 0.05) is 33.0 Å². The van der Waals surface area contributed by atoms with Crippen molar-refractivity contribution in [2.75, 3.05) is 12.3 Å². The highest BCUT2D eigenvalue weighted by Gasteiger charge is 2.52. The van der Waals surface area contributed by atoms with Crippen molar-refractivity contribution in [3.8, 4) is 0 Å². The number of nitrogens with zero attached hydrogens (tertiary/aromatic N) is 5. The molecule has 5 unspecified atom stereocenters. The largest absolute Gasteiger partial charge is 0.479 e. The summed E-state index contributed by atoms with van der Waals surface area (Å²) in [7, 11) is -2.46. The first-order chi connectivity index (χ1) is 19.1. The lowest BCUT2D eigenvalue weighted by Gasteiger charge is -2.30. The van der Waals surface area contributed by atoms with E-state index in [0.29, 0.717) is 0 Å². The first-order valence-electron chi connectivity index (χ1n) is 12.6. The fraction of sp³-hybridized carbons (Fsp3) is 0.682. The first kappa shape index (κ1) is 32.1. The minimum atomic E-state index is -3.92. The van der Waals surface area contributed by atoms with Gasteiger partial charge in [0.05, 0.1) is 6.61 Å². The summed E-state index contributed by atoms with van der Waals surface area (Å²) in [6, 6.07) is -0.763. The van der Waals surface area contributed by atoms with Crippen LogP contribution in [-0.2, 0) is 44.9 Å². The van der Waals surface area contributed by atoms with Gasteiger partial charge in [-0.15, -0.1) is 5.10 Å². The number of esters is 2. The molecule has 0 radical (unpaired) electrons. The number of carboxylic acid groups (broad SMARTS) is 1. The number of aryl methyl sites for hydroxylation is 1. The number of carbonyl (C=O) groups excluding carboxylic acids is 2. The number of carbonyl (C=O) groups is 3. The van der Waals surface area contributed by atoms with Crippen LogP contribution < -0.4 is 21.5 Å². The number of nitrogen functional groups attached to an aromatic ring is 1. The number of ether oxygens (including phenoxy) is 4. The van der Waals surface area contributed by atoms with Crippen molar-refractivity contribution in [3.63, 3.8) is 0 Å². The molecule has 0 bridgehead atoms. The van der Waals surface area contributed by atoms with Gasteiger partial charge in [-0.1, -0.05) is 5.21 Å².